The first kappa shape index (κ1) is 19.3. The third kappa shape index (κ3) is 4.75. The standard InChI is InChI=1S/C18H22N2O6/c1-10(2)8-19-18(23)20-15(21)9-25-17(22)16-11(3)13-7-12(24-4)5-6-14(13)26-16/h5-7,10H,8-9H2,1-4H3,(H2,19,20,21,23). The lowest BCUT2D eigenvalue weighted by atomic mass is 10.1. The lowest BCUT2D eigenvalue weighted by Gasteiger charge is -2.08. The Hall–Kier alpha value is -3.03. The molecule has 2 rings (SSSR count). The molecule has 0 aliphatic carbocycles. The number of carbonyl (C=O) groups excluding carboxylic acids is 3. The van der Waals surface area contributed by atoms with Crippen molar-refractivity contribution in [1.82, 2.24) is 10.6 Å². The van der Waals surface area contributed by atoms with E-state index in [-0.39, 0.29) is 11.7 Å². The van der Waals surface area contributed by atoms with Crippen LogP contribution in [0.2, 0.25) is 0 Å². The van der Waals surface area contributed by atoms with E-state index in [0.29, 0.717) is 28.8 Å². The number of aryl methyl sites for hydroxylation is 1. The molecule has 0 aliphatic rings. The summed E-state index contributed by atoms with van der Waals surface area (Å²) >= 11 is 0. The molecule has 0 atom stereocenters. The van der Waals surface area contributed by atoms with E-state index in [1.165, 1.54) is 0 Å². The number of hydrogen-bond donors (Lipinski definition) is 2. The summed E-state index contributed by atoms with van der Waals surface area (Å²) in [5.41, 5.74) is 1.09. The molecular formula is C18H22N2O6. The van der Waals surface area contributed by atoms with Crippen molar-refractivity contribution >= 4 is 28.9 Å². The van der Waals surface area contributed by atoms with E-state index in [1.807, 2.05) is 13.8 Å². The highest BCUT2D eigenvalue weighted by Gasteiger charge is 2.21. The van der Waals surface area contributed by atoms with E-state index in [9.17, 15) is 14.4 Å². The molecule has 2 N–H and O–H groups in total. The van der Waals surface area contributed by atoms with Gasteiger partial charge in [0.1, 0.15) is 11.3 Å². The molecule has 0 aliphatic heterocycles. The van der Waals surface area contributed by atoms with Crippen LogP contribution in [0.4, 0.5) is 4.79 Å². The van der Waals surface area contributed by atoms with E-state index < -0.39 is 24.5 Å². The summed E-state index contributed by atoms with van der Waals surface area (Å²) in [7, 11) is 1.54. The SMILES string of the molecule is COc1ccc2oc(C(=O)OCC(=O)NC(=O)NCC(C)C)c(C)c2c1. The minimum atomic E-state index is -0.782. The Bertz CT molecular complexity index is 824. The van der Waals surface area contributed by atoms with Crippen LogP contribution in [0.1, 0.15) is 30.0 Å². The molecule has 0 saturated heterocycles. The Kier molecular flexibility index (Phi) is 6.21. The zero-order valence-corrected chi connectivity index (χ0v) is 15.2. The van der Waals surface area contributed by atoms with Crippen LogP contribution in [0, 0.1) is 12.8 Å². The van der Waals surface area contributed by atoms with E-state index in [4.69, 9.17) is 13.9 Å². The third-order valence-corrected chi connectivity index (χ3v) is 3.59. The first-order valence-corrected chi connectivity index (χ1v) is 8.13. The minimum Gasteiger partial charge on any atom is -0.497 e. The van der Waals surface area contributed by atoms with Gasteiger partial charge in [-0.2, -0.15) is 0 Å². The van der Waals surface area contributed by atoms with E-state index in [2.05, 4.69) is 10.6 Å². The number of imide groups is 1. The number of carbonyl (C=O) groups is 3. The summed E-state index contributed by atoms with van der Waals surface area (Å²) in [6, 6.07) is 4.51. The minimum absolute atomic E-state index is 0.00492. The van der Waals surface area contributed by atoms with Crippen molar-refractivity contribution in [1.29, 1.82) is 0 Å². The fourth-order valence-electron chi connectivity index (χ4n) is 2.22. The van der Waals surface area contributed by atoms with Gasteiger partial charge in [0.15, 0.2) is 6.61 Å². The van der Waals surface area contributed by atoms with Gasteiger partial charge in [0, 0.05) is 17.5 Å². The van der Waals surface area contributed by atoms with Crippen LogP contribution in [-0.4, -0.2) is 38.2 Å². The lowest BCUT2D eigenvalue weighted by Crippen LogP contribution is -2.42. The van der Waals surface area contributed by atoms with Gasteiger partial charge in [-0.15, -0.1) is 0 Å². The number of hydrogen-bond acceptors (Lipinski definition) is 6. The summed E-state index contributed by atoms with van der Waals surface area (Å²) in [6.07, 6.45) is 0. The molecule has 0 saturated carbocycles. The summed E-state index contributed by atoms with van der Waals surface area (Å²) in [5.74, 6) is -0.618. The number of methoxy groups -OCH3 is 1. The van der Waals surface area contributed by atoms with Gasteiger partial charge in [-0.25, -0.2) is 9.59 Å². The molecule has 1 heterocycles. The van der Waals surface area contributed by atoms with Crippen molar-refractivity contribution in [2.45, 2.75) is 20.8 Å². The molecule has 0 radical (unpaired) electrons. The van der Waals surface area contributed by atoms with Crippen LogP contribution in [0.3, 0.4) is 0 Å². The molecule has 26 heavy (non-hydrogen) atoms. The molecule has 3 amide bonds. The second-order valence-electron chi connectivity index (χ2n) is 6.15. The molecule has 8 nitrogen and oxygen atoms in total. The molecule has 0 spiro atoms. The fraction of sp³-hybridized carbons (Fsp3) is 0.389. The maximum atomic E-state index is 12.2. The first-order chi connectivity index (χ1) is 12.3. The summed E-state index contributed by atoms with van der Waals surface area (Å²) in [5, 5.41) is 5.33. The van der Waals surface area contributed by atoms with Crippen LogP contribution < -0.4 is 15.4 Å². The topological polar surface area (TPSA) is 107 Å². The van der Waals surface area contributed by atoms with Crippen LogP contribution in [0.25, 0.3) is 11.0 Å². The van der Waals surface area contributed by atoms with E-state index >= 15 is 0 Å². The van der Waals surface area contributed by atoms with Crippen LogP contribution >= 0.6 is 0 Å². The van der Waals surface area contributed by atoms with E-state index in [0.717, 1.165) is 0 Å². The number of esters is 1. The van der Waals surface area contributed by atoms with Crippen LogP contribution in [0.15, 0.2) is 22.6 Å². The molecule has 0 unspecified atom stereocenters. The summed E-state index contributed by atoms with van der Waals surface area (Å²) < 4.78 is 15.6. The van der Waals surface area contributed by atoms with Gasteiger partial charge in [0.05, 0.1) is 7.11 Å². The predicted octanol–water partition coefficient (Wildman–Crippen LogP) is 2.39. The second-order valence-corrected chi connectivity index (χ2v) is 6.15. The largest absolute Gasteiger partial charge is 0.497 e. The summed E-state index contributed by atoms with van der Waals surface area (Å²) in [4.78, 5) is 35.3. The van der Waals surface area contributed by atoms with Crippen molar-refractivity contribution in [2.75, 3.05) is 20.3 Å². The summed E-state index contributed by atoms with van der Waals surface area (Å²) in [6.45, 7) is 5.40. The van der Waals surface area contributed by atoms with Crippen LogP contribution in [-0.2, 0) is 9.53 Å². The predicted molar refractivity (Wildman–Crippen MR) is 94.2 cm³/mol. The maximum absolute atomic E-state index is 12.2. The van der Waals surface area contributed by atoms with Gasteiger partial charge < -0.3 is 19.2 Å². The van der Waals surface area contributed by atoms with Crippen molar-refractivity contribution in [2.24, 2.45) is 5.92 Å². The Labute approximate surface area is 150 Å². The van der Waals surface area contributed by atoms with Gasteiger partial charge in [-0.1, -0.05) is 13.8 Å². The van der Waals surface area contributed by atoms with Gasteiger partial charge in [-0.3, -0.25) is 10.1 Å². The highest BCUT2D eigenvalue weighted by atomic mass is 16.5. The van der Waals surface area contributed by atoms with Gasteiger partial charge in [0.25, 0.3) is 5.91 Å². The van der Waals surface area contributed by atoms with Gasteiger partial charge in [-0.05, 0) is 31.0 Å². The average molecular weight is 362 g/mol. The smallest absolute Gasteiger partial charge is 0.375 e. The molecule has 1 aromatic carbocycles. The number of amides is 3. The highest BCUT2D eigenvalue weighted by Crippen LogP contribution is 2.29. The monoisotopic (exact) mass is 362 g/mol. The number of fused-ring (bicyclic) bond motifs is 1. The maximum Gasteiger partial charge on any atom is 0.375 e. The zero-order valence-electron chi connectivity index (χ0n) is 15.2. The molecule has 2 aromatic rings. The Morgan fingerprint density at radius 3 is 2.62 bits per heavy atom. The van der Waals surface area contributed by atoms with Crippen molar-refractivity contribution in [3.63, 3.8) is 0 Å². The molecule has 8 heteroatoms. The molecule has 140 valence electrons. The van der Waals surface area contributed by atoms with Crippen LogP contribution in [0.5, 0.6) is 5.75 Å². The number of nitrogens with one attached hydrogen (secondary N) is 2. The van der Waals surface area contributed by atoms with E-state index in [1.54, 1.807) is 32.2 Å². The molecule has 0 fully saturated rings. The first-order valence-electron chi connectivity index (χ1n) is 8.13. The number of benzene rings is 1. The molecule has 0 bridgehead atoms. The Morgan fingerprint density at radius 1 is 1.23 bits per heavy atom. The Balaban J connectivity index is 1.95. The number of rotatable bonds is 6. The molecule has 1 aromatic heterocycles. The highest BCUT2D eigenvalue weighted by molar-refractivity contribution is 5.99. The number of ether oxygens (including phenoxy) is 2. The van der Waals surface area contributed by atoms with Crippen molar-refractivity contribution in [3.8, 4) is 5.75 Å². The number of urea groups is 1. The normalized spacial score (nSPS) is 10.7. The lowest BCUT2D eigenvalue weighted by molar-refractivity contribution is -0.123. The van der Waals surface area contributed by atoms with Crippen molar-refractivity contribution in [3.05, 3.63) is 29.5 Å². The molecular weight excluding hydrogens is 340 g/mol. The quantitative estimate of drug-likeness (QED) is 0.764. The average Bonchev–Trinajstić information content (AvgIpc) is 2.94. The second kappa shape index (κ2) is 8.37. The van der Waals surface area contributed by atoms with Gasteiger partial charge in [0.2, 0.25) is 5.76 Å². The third-order valence-electron chi connectivity index (χ3n) is 3.59. The van der Waals surface area contributed by atoms with Gasteiger partial charge >= 0.3 is 12.0 Å². The number of furan rings is 1. The van der Waals surface area contributed by atoms with Crippen molar-refractivity contribution < 1.29 is 28.3 Å². The fourth-order valence-corrected chi connectivity index (χ4v) is 2.22. The Morgan fingerprint density at radius 2 is 1.96 bits per heavy atom. The zero-order chi connectivity index (χ0) is 19.3.